The Bertz CT molecular complexity index is 849. The molecule has 2 heterocycles. The predicted octanol–water partition coefficient (Wildman–Crippen LogP) is 3.82. The van der Waals surface area contributed by atoms with Gasteiger partial charge in [0.1, 0.15) is 5.82 Å². The van der Waals surface area contributed by atoms with E-state index >= 15 is 0 Å². The van der Waals surface area contributed by atoms with Gasteiger partial charge in [-0.2, -0.15) is 0 Å². The zero-order valence-corrected chi connectivity index (χ0v) is 16.1. The monoisotopic (exact) mass is 413 g/mol. The molecule has 3 rings (SSSR count). The molecule has 1 N–H and O–H groups in total. The lowest BCUT2D eigenvalue weighted by Crippen LogP contribution is -2.25. The maximum Gasteiger partial charge on any atom is 0.259 e. The lowest BCUT2D eigenvalue weighted by Gasteiger charge is -2.21. The fraction of sp³-hybridized carbons (Fsp3) is 0.211. The average molecular weight is 414 g/mol. The predicted molar refractivity (Wildman–Crippen MR) is 106 cm³/mol. The normalized spacial score (nSPS) is 10.5. The number of nitrogens with zero attached hydrogens (tertiary/aromatic N) is 4. The van der Waals surface area contributed by atoms with Crippen molar-refractivity contribution >= 4 is 33.3 Å². The first-order chi connectivity index (χ1) is 12.6. The van der Waals surface area contributed by atoms with Crippen molar-refractivity contribution in [1.82, 2.24) is 14.5 Å². The van der Waals surface area contributed by atoms with Crippen LogP contribution in [0.2, 0.25) is 0 Å². The van der Waals surface area contributed by atoms with Crippen molar-refractivity contribution in [3.63, 3.8) is 0 Å². The Morgan fingerprint density at radius 3 is 2.77 bits per heavy atom. The van der Waals surface area contributed by atoms with Crippen LogP contribution < -0.4 is 10.2 Å². The fourth-order valence-corrected chi connectivity index (χ4v) is 2.89. The van der Waals surface area contributed by atoms with Crippen LogP contribution in [0.5, 0.6) is 0 Å². The Hall–Kier alpha value is -2.67. The summed E-state index contributed by atoms with van der Waals surface area (Å²) in [5, 5.41) is 2.92. The van der Waals surface area contributed by atoms with E-state index < -0.39 is 0 Å². The van der Waals surface area contributed by atoms with Gasteiger partial charge in [-0.1, -0.05) is 15.9 Å². The van der Waals surface area contributed by atoms with Crippen LogP contribution in [0, 0.1) is 0 Å². The van der Waals surface area contributed by atoms with Crippen molar-refractivity contribution in [2.75, 3.05) is 23.8 Å². The Morgan fingerprint density at radius 1 is 1.23 bits per heavy atom. The third kappa shape index (κ3) is 4.70. The van der Waals surface area contributed by atoms with Gasteiger partial charge in [-0.3, -0.25) is 4.79 Å². The van der Waals surface area contributed by atoms with Gasteiger partial charge in [0.2, 0.25) is 0 Å². The molecule has 6 nitrogen and oxygen atoms in total. The minimum absolute atomic E-state index is 0.170. The molecular formula is C19H20BrN5O. The Kier molecular flexibility index (Phi) is 6.01. The first kappa shape index (κ1) is 18.1. The molecule has 2 aromatic heterocycles. The second-order valence-electron chi connectivity index (χ2n) is 5.91. The topological polar surface area (TPSA) is 63.1 Å². The molecule has 0 radical (unpaired) electrons. The number of pyridine rings is 1. The molecule has 0 saturated carbocycles. The van der Waals surface area contributed by atoms with E-state index in [2.05, 4.69) is 31.2 Å². The van der Waals surface area contributed by atoms with Gasteiger partial charge in [-0.15, -0.1) is 0 Å². The van der Waals surface area contributed by atoms with E-state index in [1.54, 1.807) is 30.9 Å². The molecule has 0 unspecified atom stereocenters. The summed E-state index contributed by atoms with van der Waals surface area (Å²) in [6, 6.07) is 11.1. The zero-order chi connectivity index (χ0) is 18.4. The molecule has 1 aromatic carbocycles. The highest BCUT2D eigenvalue weighted by molar-refractivity contribution is 9.10. The van der Waals surface area contributed by atoms with Crippen molar-refractivity contribution in [1.29, 1.82) is 0 Å². The van der Waals surface area contributed by atoms with Crippen molar-refractivity contribution in [2.24, 2.45) is 0 Å². The number of halogens is 1. The van der Waals surface area contributed by atoms with E-state index in [4.69, 9.17) is 0 Å². The van der Waals surface area contributed by atoms with Crippen LogP contribution in [0.3, 0.4) is 0 Å². The van der Waals surface area contributed by atoms with Gasteiger partial charge in [0.15, 0.2) is 0 Å². The van der Waals surface area contributed by atoms with Crippen molar-refractivity contribution < 1.29 is 4.79 Å². The number of imidazole rings is 1. The Balaban J connectivity index is 1.66. The average Bonchev–Trinajstić information content (AvgIpc) is 3.17. The fourth-order valence-electron chi connectivity index (χ4n) is 2.63. The Morgan fingerprint density at radius 2 is 2.04 bits per heavy atom. The molecule has 134 valence electrons. The smallest absolute Gasteiger partial charge is 0.259 e. The molecule has 0 aliphatic carbocycles. The van der Waals surface area contributed by atoms with Gasteiger partial charge in [0.05, 0.1) is 11.9 Å². The number of nitrogens with one attached hydrogen (secondary N) is 1. The highest BCUT2D eigenvalue weighted by atomic mass is 79.9. The van der Waals surface area contributed by atoms with Gasteiger partial charge < -0.3 is 14.8 Å². The number of hydrogen-bond donors (Lipinski definition) is 1. The maximum atomic E-state index is 12.7. The molecule has 0 spiro atoms. The molecule has 0 fully saturated rings. The summed E-state index contributed by atoms with van der Waals surface area (Å²) >= 11 is 3.39. The number of carbonyl (C=O) groups excluding carboxylic acids is 1. The number of aryl methyl sites for hydroxylation is 1. The van der Waals surface area contributed by atoms with Gasteiger partial charge in [-0.05, 0) is 42.8 Å². The summed E-state index contributed by atoms with van der Waals surface area (Å²) < 4.78 is 3.00. The molecule has 3 aromatic rings. The number of rotatable bonds is 7. The number of anilines is 2. The highest BCUT2D eigenvalue weighted by Gasteiger charge is 2.15. The SMILES string of the molecule is CN(CCCn1ccnc1)c1ncccc1C(=O)Nc1ccc(Br)cc1. The third-order valence-corrected chi connectivity index (χ3v) is 4.49. The first-order valence-corrected chi connectivity index (χ1v) is 9.11. The van der Waals surface area contributed by atoms with Crippen LogP contribution in [0.25, 0.3) is 0 Å². The largest absolute Gasteiger partial charge is 0.359 e. The summed E-state index contributed by atoms with van der Waals surface area (Å²) in [6.07, 6.45) is 8.15. The van der Waals surface area contributed by atoms with Gasteiger partial charge in [0.25, 0.3) is 5.91 Å². The molecular weight excluding hydrogens is 394 g/mol. The second-order valence-corrected chi connectivity index (χ2v) is 6.83. The van der Waals surface area contributed by atoms with E-state index in [0.29, 0.717) is 11.4 Å². The number of amides is 1. The number of carbonyl (C=O) groups is 1. The van der Waals surface area contributed by atoms with Crippen LogP contribution in [-0.2, 0) is 6.54 Å². The van der Waals surface area contributed by atoms with Crippen molar-refractivity contribution in [3.8, 4) is 0 Å². The quantitative estimate of drug-likeness (QED) is 0.639. The molecule has 1 amide bonds. The van der Waals surface area contributed by atoms with E-state index in [-0.39, 0.29) is 5.91 Å². The van der Waals surface area contributed by atoms with E-state index in [1.807, 2.05) is 47.0 Å². The minimum Gasteiger partial charge on any atom is -0.359 e. The summed E-state index contributed by atoms with van der Waals surface area (Å²) in [7, 11) is 1.95. The van der Waals surface area contributed by atoms with Crippen molar-refractivity contribution in [3.05, 3.63) is 71.4 Å². The molecule has 7 heteroatoms. The lowest BCUT2D eigenvalue weighted by atomic mass is 10.2. The van der Waals surface area contributed by atoms with Crippen LogP contribution >= 0.6 is 15.9 Å². The zero-order valence-electron chi connectivity index (χ0n) is 14.5. The third-order valence-electron chi connectivity index (χ3n) is 3.96. The molecule has 0 atom stereocenters. The number of benzene rings is 1. The Labute approximate surface area is 161 Å². The molecule has 26 heavy (non-hydrogen) atoms. The number of aromatic nitrogens is 3. The number of hydrogen-bond acceptors (Lipinski definition) is 4. The van der Waals surface area contributed by atoms with Gasteiger partial charge >= 0.3 is 0 Å². The van der Waals surface area contributed by atoms with E-state index in [1.165, 1.54) is 0 Å². The first-order valence-electron chi connectivity index (χ1n) is 8.32. The molecule has 0 bridgehead atoms. The van der Waals surface area contributed by atoms with Crippen LogP contribution in [-0.4, -0.2) is 34.0 Å². The highest BCUT2D eigenvalue weighted by Crippen LogP contribution is 2.19. The summed E-state index contributed by atoms with van der Waals surface area (Å²) in [5.41, 5.74) is 1.30. The summed E-state index contributed by atoms with van der Waals surface area (Å²) in [6.45, 7) is 1.66. The lowest BCUT2D eigenvalue weighted by molar-refractivity contribution is 0.102. The summed E-state index contributed by atoms with van der Waals surface area (Å²) in [4.78, 5) is 23.1. The minimum atomic E-state index is -0.170. The van der Waals surface area contributed by atoms with Gasteiger partial charge in [-0.25, -0.2) is 9.97 Å². The molecule has 0 saturated heterocycles. The standard InChI is InChI=1S/C19H20BrN5O/c1-24(11-3-12-25-13-10-21-14-25)18-17(4-2-9-22-18)19(26)23-16-7-5-15(20)6-8-16/h2,4-10,13-14H,3,11-12H2,1H3,(H,23,26). The van der Waals surface area contributed by atoms with Gasteiger partial charge in [0, 0.05) is 48.9 Å². The van der Waals surface area contributed by atoms with Crippen molar-refractivity contribution in [2.45, 2.75) is 13.0 Å². The van der Waals surface area contributed by atoms with E-state index in [0.717, 1.165) is 29.7 Å². The van der Waals surface area contributed by atoms with Crippen LogP contribution in [0.1, 0.15) is 16.8 Å². The van der Waals surface area contributed by atoms with Crippen LogP contribution in [0.4, 0.5) is 11.5 Å². The summed E-state index contributed by atoms with van der Waals surface area (Å²) in [5.74, 6) is 0.504. The maximum absolute atomic E-state index is 12.7. The van der Waals surface area contributed by atoms with Crippen LogP contribution in [0.15, 0.2) is 65.8 Å². The van der Waals surface area contributed by atoms with E-state index in [9.17, 15) is 4.79 Å². The molecule has 0 aliphatic heterocycles. The second kappa shape index (κ2) is 8.62. The molecule has 0 aliphatic rings.